The van der Waals surface area contributed by atoms with Crippen molar-refractivity contribution in [3.05, 3.63) is 35.9 Å². The van der Waals surface area contributed by atoms with E-state index in [9.17, 15) is 4.79 Å². The Balaban J connectivity index is 2.60. The maximum absolute atomic E-state index is 11.1. The summed E-state index contributed by atoms with van der Waals surface area (Å²) >= 11 is 0. The van der Waals surface area contributed by atoms with E-state index in [-0.39, 0.29) is 6.61 Å². The van der Waals surface area contributed by atoms with Crippen LogP contribution in [0.5, 0.6) is 5.75 Å². The first kappa shape index (κ1) is 11.5. The molecule has 3 nitrogen and oxygen atoms in total. The van der Waals surface area contributed by atoms with Crippen LogP contribution in [0.1, 0.15) is 12.5 Å². The van der Waals surface area contributed by atoms with Crippen LogP contribution in [-0.2, 0) is 9.53 Å². The normalized spacial score (nSPS) is 10.5. The molecule has 0 aliphatic heterocycles. The molecule has 0 saturated heterocycles. The average Bonchev–Trinajstić information content (AvgIpc) is 2.22. The summed E-state index contributed by atoms with van der Waals surface area (Å²) in [6.07, 6.45) is 3.92. The summed E-state index contributed by atoms with van der Waals surface area (Å²) in [5.74, 6) is 0.140. The van der Waals surface area contributed by atoms with Crippen LogP contribution in [0.25, 0.3) is 6.08 Å². The molecule has 0 aliphatic rings. The zero-order chi connectivity index (χ0) is 11.1. The number of methoxy groups -OCH3 is 1. The van der Waals surface area contributed by atoms with Crippen molar-refractivity contribution in [3.63, 3.8) is 0 Å². The van der Waals surface area contributed by atoms with Crippen molar-refractivity contribution in [2.75, 3.05) is 13.7 Å². The first-order valence-corrected chi connectivity index (χ1v) is 4.68. The molecule has 1 rings (SSSR count). The number of carbonyl (C=O) groups is 1. The highest BCUT2D eigenvalue weighted by Crippen LogP contribution is 2.13. The minimum atomic E-state index is -0.392. The van der Waals surface area contributed by atoms with Gasteiger partial charge in [-0.15, -0.1) is 0 Å². The summed E-state index contributed by atoms with van der Waals surface area (Å²) in [5.41, 5.74) is 1.07. The lowest BCUT2D eigenvalue weighted by atomic mass is 10.2. The molecule has 3 heteroatoms. The van der Waals surface area contributed by atoms with Gasteiger partial charge in [0.15, 0.2) is 0 Å². The lowest BCUT2D eigenvalue weighted by Crippen LogP contribution is -2.13. The van der Waals surface area contributed by atoms with Gasteiger partial charge in [-0.3, -0.25) is 0 Å². The van der Waals surface area contributed by atoms with Crippen LogP contribution in [-0.4, -0.2) is 19.7 Å². The number of esters is 1. The second-order valence-corrected chi connectivity index (χ2v) is 2.98. The molecule has 0 amide bonds. The van der Waals surface area contributed by atoms with Crippen LogP contribution >= 0.6 is 0 Å². The minimum absolute atomic E-state index is 0.0311. The van der Waals surface area contributed by atoms with Gasteiger partial charge in [0.2, 0.25) is 0 Å². The smallest absolute Gasteiger partial charge is 0.337 e. The number of allylic oxidation sites excluding steroid dienone is 1. The van der Waals surface area contributed by atoms with Crippen molar-refractivity contribution >= 4 is 12.0 Å². The standard InChI is InChI=1S/C12H14O3/c1-3-4-10-5-7-11(8-6-10)15-12(13)9-14-2/h3-8H,9H2,1-2H3. The van der Waals surface area contributed by atoms with E-state index in [1.807, 2.05) is 31.2 Å². The third kappa shape index (κ3) is 3.95. The molecule has 0 heterocycles. The van der Waals surface area contributed by atoms with E-state index in [1.165, 1.54) is 7.11 Å². The van der Waals surface area contributed by atoms with E-state index in [2.05, 4.69) is 4.74 Å². The van der Waals surface area contributed by atoms with E-state index >= 15 is 0 Å². The van der Waals surface area contributed by atoms with Gasteiger partial charge in [0, 0.05) is 7.11 Å². The number of benzene rings is 1. The first-order chi connectivity index (χ1) is 7.26. The molecule has 15 heavy (non-hydrogen) atoms. The second kappa shape index (κ2) is 5.98. The van der Waals surface area contributed by atoms with Crippen molar-refractivity contribution in [2.24, 2.45) is 0 Å². The number of ether oxygens (including phenoxy) is 2. The molecule has 0 bridgehead atoms. The summed E-state index contributed by atoms with van der Waals surface area (Å²) in [6, 6.07) is 7.27. The van der Waals surface area contributed by atoms with E-state index in [0.717, 1.165) is 5.56 Å². The zero-order valence-corrected chi connectivity index (χ0v) is 8.90. The Morgan fingerprint density at radius 3 is 2.53 bits per heavy atom. The van der Waals surface area contributed by atoms with Gasteiger partial charge in [-0.05, 0) is 24.6 Å². The Morgan fingerprint density at radius 2 is 2.00 bits per heavy atom. The van der Waals surface area contributed by atoms with Crippen LogP contribution in [0.3, 0.4) is 0 Å². The summed E-state index contributed by atoms with van der Waals surface area (Å²) in [4.78, 5) is 11.1. The topological polar surface area (TPSA) is 35.5 Å². The first-order valence-electron chi connectivity index (χ1n) is 4.68. The number of hydrogen-bond donors (Lipinski definition) is 0. The Hall–Kier alpha value is -1.61. The zero-order valence-electron chi connectivity index (χ0n) is 8.90. The van der Waals surface area contributed by atoms with Crippen LogP contribution in [0.2, 0.25) is 0 Å². The maximum Gasteiger partial charge on any atom is 0.337 e. The van der Waals surface area contributed by atoms with Gasteiger partial charge in [0.05, 0.1) is 0 Å². The molecule has 0 aliphatic carbocycles. The average molecular weight is 206 g/mol. The highest BCUT2D eigenvalue weighted by molar-refractivity contribution is 5.73. The highest BCUT2D eigenvalue weighted by atomic mass is 16.6. The van der Waals surface area contributed by atoms with Crippen molar-refractivity contribution < 1.29 is 14.3 Å². The molecule has 0 N–H and O–H groups in total. The summed E-state index contributed by atoms with van der Waals surface area (Å²) < 4.78 is 9.65. The molecule has 0 fully saturated rings. The van der Waals surface area contributed by atoms with Crippen molar-refractivity contribution in [3.8, 4) is 5.75 Å². The largest absolute Gasteiger partial charge is 0.425 e. The van der Waals surface area contributed by atoms with Crippen LogP contribution in [0.15, 0.2) is 30.3 Å². The molecule has 1 aromatic rings. The quantitative estimate of drug-likeness (QED) is 0.560. The molecule has 0 aromatic heterocycles. The van der Waals surface area contributed by atoms with Gasteiger partial charge in [0.25, 0.3) is 0 Å². The molecule has 0 spiro atoms. The maximum atomic E-state index is 11.1. The van der Waals surface area contributed by atoms with Gasteiger partial charge in [-0.1, -0.05) is 24.3 Å². The van der Waals surface area contributed by atoms with Gasteiger partial charge >= 0.3 is 5.97 Å². The highest BCUT2D eigenvalue weighted by Gasteiger charge is 2.02. The Kier molecular flexibility index (Phi) is 4.57. The predicted octanol–water partition coefficient (Wildman–Crippen LogP) is 2.27. The van der Waals surface area contributed by atoms with Crippen LogP contribution in [0.4, 0.5) is 0 Å². The van der Waals surface area contributed by atoms with Crippen molar-refractivity contribution in [1.29, 1.82) is 0 Å². The van der Waals surface area contributed by atoms with E-state index in [1.54, 1.807) is 12.1 Å². The van der Waals surface area contributed by atoms with Gasteiger partial charge in [0.1, 0.15) is 12.4 Å². The summed E-state index contributed by atoms with van der Waals surface area (Å²) in [6.45, 7) is 1.92. The Morgan fingerprint density at radius 1 is 1.33 bits per heavy atom. The third-order valence-corrected chi connectivity index (χ3v) is 1.73. The molecule has 80 valence electrons. The molecule has 0 atom stereocenters. The van der Waals surface area contributed by atoms with Crippen LogP contribution in [0, 0.1) is 0 Å². The number of rotatable bonds is 4. The summed E-state index contributed by atoms with van der Waals surface area (Å²) in [7, 11) is 1.45. The predicted molar refractivity (Wildman–Crippen MR) is 58.7 cm³/mol. The summed E-state index contributed by atoms with van der Waals surface area (Å²) in [5, 5.41) is 0. The lowest BCUT2D eigenvalue weighted by Gasteiger charge is -2.03. The fourth-order valence-corrected chi connectivity index (χ4v) is 1.12. The van der Waals surface area contributed by atoms with Gasteiger partial charge in [-0.25, -0.2) is 4.79 Å². The Labute approximate surface area is 89.3 Å². The number of hydrogen-bond acceptors (Lipinski definition) is 3. The van der Waals surface area contributed by atoms with E-state index < -0.39 is 5.97 Å². The number of carbonyl (C=O) groups excluding carboxylic acids is 1. The Bertz CT molecular complexity index is 338. The van der Waals surface area contributed by atoms with Crippen LogP contribution < -0.4 is 4.74 Å². The van der Waals surface area contributed by atoms with Gasteiger partial charge in [-0.2, -0.15) is 0 Å². The fourth-order valence-electron chi connectivity index (χ4n) is 1.12. The van der Waals surface area contributed by atoms with Gasteiger partial charge < -0.3 is 9.47 Å². The fraction of sp³-hybridized carbons (Fsp3) is 0.250. The lowest BCUT2D eigenvalue weighted by molar-refractivity contribution is -0.138. The van der Waals surface area contributed by atoms with E-state index in [0.29, 0.717) is 5.75 Å². The third-order valence-electron chi connectivity index (χ3n) is 1.73. The second-order valence-electron chi connectivity index (χ2n) is 2.98. The van der Waals surface area contributed by atoms with E-state index in [4.69, 9.17) is 4.74 Å². The minimum Gasteiger partial charge on any atom is -0.425 e. The molecule has 0 saturated carbocycles. The SMILES string of the molecule is CC=Cc1ccc(OC(=O)COC)cc1. The molecule has 0 radical (unpaired) electrons. The van der Waals surface area contributed by atoms with Crippen molar-refractivity contribution in [1.82, 2.24) is 0 Å². The monoisotopic (exact) mass is 206 g/mol. The van der Waals surface area contributed by atoms with Crippen molar-refractivity contribution in [2.45, 2.75) is 6.92 Å². The molecular weight excluding hydrogens is 192 g/mol. The molecule has 0 unspecified atom stereocenters. The molecular formula is C12H14O3. The molecule has 1 aromatic carbocycles.